The molecule has 1 aromatic carbocycles. The van der Waals surface area contributed by atoms with Crippen LogP contribution >= 0.6 is 0 Å². The molecule has 1 heterocycles. The molecule has 21 heavy (non-hydrogen) atoms. The normalized spacial score (nSPS) is 9.57. The largest absolute Gasteiger partial charge is 0.454 e. The fourth-order valence-corrected chi connectivity index (χ4v) is 1.44. The number of nitrogens with zero attached hydrogens (tertiary/aromatic N) is 4. The predicted molar refractivity (Wildman–Crippen MR) is 76.0 cm³/mol. The van der Waals surface area contributed by atoms with E-state index >= 15 is 0 Å². The van der Waals surface area contributed by atoms with E-state index in [0.29, 0.717) is 22.7 Å². The summed E-state index contributed by atoms with van der Waals surface area (Å²) in [4.78, 5) is 12.9. The summed E-state index contributed by atoms with van der Waals surface area (Å²) in [6.45, 7) is 0. The highest BCUT2D eigenvalue weighted by atomic mass is 16.5. The monoisotopic (exact) mass is 283 g/mol. The lowest BCUT2D eigenvalue weighted by molar-refractivity contribution is 0.230. The van der Waals surface area contributed by atoms with Crippen LogP contribution in [0, 0.1) is 11.3 Å². The molecular weight excluding hydrogens is 270 g/mol. The van der Waals surface area contributed by atoms with Crippen LogP contribution in [-0.2, 0) is 0 Å². The van der Waals surface area contributed by atoms with Gasteiger partial charge in [-0.25, -0.2) is 4.79 Å². The minimum absolute atomic E-state index is 0.214. The van der Waals surface area contributed by atoms with E-state index in [4.69, 9.17) is 10.00 Å². The second-order valence-corrected chi connectivity index (χ2v) is 4.33. The zero-order valence-corrected chi connectivity index (χ0v) is 11.6. The number of ether oxygens (including phenoxy) is 1. The Kier molecular flexibility index (Phi) is 4.31. The van der Waals surface area contributed by atoms with Crippen LogP contribution in [0.25, 0.3) is 0 Å². The van der Waals surface area contributed by atoms with Gasteiger partial charge >= 0.3 is 6.03 Å². The lowest BCUT2D eigenvalue weighted by Crippen LogP contribution is -2.27. The molecule has 0 saturated carbocycles. The Bertz CT molecular complexity index is 677. The molecule has 0 spiro atoms. The van der Waals surface area contributed by atoms with E-state index in [1.54, 1.807) is 38.4 Å². The maximum atomic E-state index is 11.5. The first-order valence-corrected chi connectivity index (χ1v) is 6.07. The molecule has 0 saturated heterocycles. The van der Waals surface area contributed by atoms with E-state index in [2.05, 4.69) is 15.5 Å². The highest BCUT2D eigenvalue weighted by molar-refractivity contribution is 5.88. The number of nitriles is 1. The van der Waals surface area contributed by atoms with Crippen molar-refractivity contribution in [2.75, 3.05) is 19.4 Å². The van der Waals surface area contributed by atoms with Gasteiger partial charge in [0, 0.05) is 19.8 Å². The number of anilines is 1. The lowest BCUT2D eigenvalue weighted by Gasteiger charge is -2.12. The standard InChI is InChI=1S/C14H13N5O2/c1-19(2)14(20)18-11-3-5-12(6-4-11)21-13-9-17-16-8-10(13)7-15/h3-6,8-9H,1-2H3,(H,18,20). The number of rotatable bonds is 3. The molecule has 2 amide bonds. The Morgan fingerprint density at radius 1 is 1.24 bits per heavy atom. The first-order chi connectivity index (χ1) is 10.1. The maximum absolute atomic E-state index is 11.5. The Morgan fingerprint density at radius 2 is 1.90 bits per heavy atom. The molecule has 0 unspecified atom stereocenters. The van der Waals surface area contributed by atoms with Gasteiger partial charge in [-0.05, 0) is 24.3 Å². The van der Waals surface area contributed by atoms with Crippen LogP contribution in [0.3, 0.4) is 0 Å². The minimum Gasteiger partial charge on any atom is -0.454 e. The van der Waals surface area contributed by atoms with Crippen molar-refractivity contribution in [2.45, 2.75) is 0 Å². The van der Waals surface area contributed by atoms with Gasteiger partial charge in [0.1, 0.15) is 17.4 Å². The molecule has 106 valence electrons. The number of urea groups is 1. The number of carbonyl (C=O) groups excluding carboxylic acids is 1. The Hall–Kier alpha value is -3.14. The van der Waals surface area contributed by atoms with Crippen LogP contribution in [0.5, 0.6) is 11.5 Å². The molecule has 2 rings (SSSR count). The van der Waals surface area contributed by atoms with Gasteiger partial charge < -0.3 is 15.0 Å². The van der Waals surface area contributed by atoms with Crippen molar-refractivity contribution in [3.05, 3.63) is 42.2 Å². The number of carbonyl (C=O) groups is 1. The summed E-state index contributed by atoms with van der Waals surface area (Å²) in [5.74, 6) is 0.861. The summed E-state index contributed by atoms with van der Waals surface area (Å²) >= 11 is 0. The number of hydrogen-bond acceptors (Lipinski definition) is 5. The van der Waals surface area contributed by atoms with Crippen molar-refractivity contribution >= 4 is 11.7 Å². The van der Waals surface area contributed by atoms with E-state index < -0.39 is 0 Å². The average Bonchev–Trinajstić information content (AvgIpc) is 2.49. The van der Waals surface area contributed by atoms with E-state index in [9.17, 15) is 4.79 Å². The molecule has 0 bridgehead atoms. The van der Waals surface area contributed by atoms with Crippen molar-refractivity contribution in [1.82, 2.24) is 15.1 Å². The topological polar surface area (TPSA) is 91.1 Å². The van der Waals surface area contributed by atoms with Gasteiger partial charge in [0.2, 0.25) is 0 Å². The first-order valence-electron chi connectivity index (χ1n) is 6.07. The van der Waals surface area contributed by atoms with E-state index in [1.165, 1.54) is 17.3 Å². The van der Waals surface area contributed by atoms with Crippen LogP contribution < -0.4 is 10.1 Å². The van der Waals surface area contributed by atoms with Gasteiger partial charge in [0.25, 0.3) is 0 Å². The van der Waals surface area contributed by atoms with Gasteiger partial charge in [-0.15, -0.1) is 0 Å². The van der Waals surface area contributed by atoms with Crippen LogP contribution in [0.1, 0.15) is 5.56 Å². The highest BCUT2D eigenvalue weighted by Gasteiger charge is 2.06. The molecule has 0 atom stereocenters. The predicted octanol–water partition coefficient (Wildman–Crippen LogP) is 2.23. The van der Waals surface area contributed by atoms with Crippen LogP contribution in [-0.4, -0.2) is 35.2 Å². The fourth-order valence-electron chi connectivity index (χ4n) is 1.44. The van der Waals surface area contributed by atoms with Gasteiger partial charge in [-0.1, -0.05) is 0 Å². The second-order valence-electron chi connectivity index (χ2n) is 4.33. The lowest BCUT2D eigenvalue weighted by atomic mass is 10.3. The zero-order chi connectivity index (χ0) is 15.2. The van der Waals surface area contributed by atoms with Crippen molar-refractivity contribution in [2.24, 2.45) is 0 Å². The Morgan fingerprint density at radius 3 is 2.52 bits per heavy atom. The van der Waals surface area contributed by atoms with E-state index in [-0.39, 0.29) is 6.03 Å². The van der Waals surface area contributed by atoms with Crippen LogP contribution in [0.15, 0.2) is 36.7 Å². The summed E-state index contributed by atoms with van der Waals surface area (Å²) in [5.41, 5.74) is 0.949. The third-order valence-corrected chi connectivity index (χ3v) is 2.55. The smallest absolute Gasteiger partial charge is 0.321 e. The van der Waals surface area contributed by atoms with Gasteiger partial charge in [0.05, 0.1) is 12.4 Å². The highest BCUT2D eigenvalue weighted by Crippen LogP contribution is 2.24. The number of benzene rings is 1. The molecule has 2 aromatic rings. The molecule has 1 aromatic heterocycles. The van der Waals surface area contributed by atoms with Crippen molar-refractivity contribution in [1.29, 1.82) is 5.26 Å². The number of nitrogens with one attached hydrogen (secondary N) is 1. The molecule has 0 radical (unpaired) electrons. The minimum atomic E-state index is -0.214. The van der Waals surface area contributed by atoms with Crippen molar-refractivity contribution < 1.29 is 9.53 Å². The van der Waals surface area contributed by atoms with E-state index in [0.717, 1.165) is 0 Å². The van der Waals surface area contributed by atoms with Gasteiger partial charge in [-0.2, -0.15) is 15.5 Å². The summed E-state index contributed by atoms with van der Waals surface area (Å²) < 4.78 is 5.56. The molecule has 0 fully saturated rings. The average molecular weight is 283 g/mol. The number of hydrogen-bond donors (Lipinski definition) is 1. The first kappa shape index (κ1) is 14.3. The Labute approximate surface area is 121 Å². The van der Waals surface area contributed by atoms with E-state index in [1.807, 2.05) is 6.07 Å². The molecule has 7 nitrogen and oxygen atoms in total. The third kappa shape index (κ3) is 3.67. The van der Waals surface area contributed by atoms with Crippen LogP contribution in [0.4, 0.5) is 10.5 Å². The van der Waals surface area contributed by atoms with Crippen molar-refractivity contribution in [3.63, 3.8) is 0 Å². The SMILES string of the molecule is CN(C)C(=O)Nc1ccc(Oc2cnncc2C#N)cc1. The summed E-state index contributed by atoms with van der Waals surface area (Å²) in [5, 5.41) is 18.9. The van der Waals surface area contributed by atoms with Gasteiger partial charge in [-0.3, -0.25) is 0 Å². The molecule has 0 aliphatic heterocycles. The summed E-state index contributed by atoms with van der Waals surface area (Å²) in [6, 6.07) is 8.55. The third-order valence-electron chi connectivity index (χ3n) is 2.55. The quantitative estimate of drug-likeness (QED) is 0.932. The summed E-state index contributed by atoms with van der Waals surface area (Å²) in [6.07, 6.45) is 2.71. The molecular formula is C14H13N5O2. The molecule has 7 heteroatoms. The zero-order valence-electron chi connectivity index (χ0n) is 11.6. The van der Waals surface area contributed by atoms with Gasteiger partial charge in [0.15, 0.2) is 5.75 Å². The van der Waals surface area contributed by atoms with Crippen molar-refractivity contribution in [3.8, 4) is 17.6 Å². The fraction of sp³-hybridized carbons (Fsp3) is 0.143. The Balaban J connectivity index is 2.09. The molecule has 0 aliphatic carbocycles. The van der Waals surface area contributed by atoms with Crippen LogP contribution in [0.2, 0.25) is 0 Å². The maximum Gasteiger partial charge on any atom is 0.321 e. The number of amides is 2. The number of aromatic nitrogens is 2. The second kappa shape index (κ2) is 6.34. The molecule has 1 N–H and O–H groups in total. The molecule has 0 aliphatic rings. The summed E-state index contributed by atoms with van der Waals surface area (Å²) in [7, 11) is 3.32.